The number of nitrogens with zero attached hydrogens (tertiary/aromatic N) is 2. The third kappa shape index (κ3) is 3.48. The average Bonchev–Trinajstić information content (AvgIpc) is 2.54. The number of hydrogen-bond acceptors (Lipinski definition) is 6. The third-order valence-corrected chi connectivity index (χ3v) is 4.11. The van der Waals surface area contributed by atoms with Gasteiger partial charge in [-0.1, -0.05) is 6.42 Å². The van der Waals surface area contributed by atoms with Crippen LogP contribution in [0.15, 0.2) is 12.1 Å². The van der Waals surface area contributed by atoms with Crippen molar-refractivity contribution in [2.24, 2.45) is 0 Å². The number of aliphatic hydroxyl groups is 1. The van der Waals surface area contributed by atoms with E-state index in [9.17, 15) is 15.2 Å². The SMILES string of the molecule is COc1cc(CN2CCCC[C@H]2CO)c([N+](=O)[O-])cc1OC. The second-order valence-electron chi connectivity index (χ2n) is 5.40. The standard InChI is InChI=1S/C15H22N2O5/c1-21-14-7-11(13(17(19)20)8-15(14)22-2)9-16-6-4-3-5-12(16)10-18/h7-8,12,18H,3-6,9-10H2,1-2H3/t12-/m0/s1. The van der Waals surface area contributed by atoms with E-state index in [1.54, 1.807) is 6.07 Å². The summed E-state index contributed by atoms with van der Waals surface area (Å²) in [5.74, 6) is 0.816. The summed E-state index contributed by atoms with van der Waals surface area (Å²) in [7, 11) is 2.96. The second kappa shape index (κ2) is 7.42. The van der Waals surface area contributed by atoms with Gasteiger partial charge in [-0.15, -0.1) is 0 Å². The lowest BCUT2D eigenvalue weighted by atomic mass is 10.0. The number of nitro groups is 1. The van der Waals surface area contributed by atoms with Gasteiger partial charge in [-0.2, -0.15) is 0 Å². The molecule has 1 N–H and O–H groups in total. The number of aliphatic hydroxyl groups excluding tert-OH is 1. The highest BCUT2D eigenvalue weighted by Crippen LogP contribution is 2.35. The summed E-state index contributed by atoms with van der Waals surface area (Å²) >= 11 is 0. The Bertz CT molecular complexity index is 535. The first kappa shape index (κ1) is 16.5. The molecular weight excluding hydrogens is 288 g/mol. The van der Waals surface area contributed by atoms with E-state index in [1.165, 1.54) is 20.3 Å². The molecule has 1 aromatic rings. The normalized spacial score (nSPS) is 19.0. The van der Waals surface area contributed by atoms with Crippen LogP contribution in [0.2, 0.25) is 0 Å². The van der Waals surface area contributed by atoms with Crippen molar-refractivity contribution >= 4 is 5.69 Å². The van der Waals surface area contributed by atoms with Crippen molar-refractivity contribution in [1.29, 1.82) is 0 Å². The molecule has 1 aliphatic heterocycles. The summed E-state index contributed by atoms with van der Waals surface area (Å²) in [5, 5.41) is 20.8. The molecule has 0 unspecified atom stereocenters. The van der Waals surface area contributed by atoms with Crippen LogP contribution in [-0.2, 0) is 6.54 Å². The smallest absolute Gasteiger partial charge is 0.277 e. The van der Waals surface area contributed by atoms with Crippen LogP contribution in [0.4, 0.5) is 5.69 Å². The van der Waals surface area contributed by atoms with Gasteiger partial charge in [0.15, 0.2) is 11.5 Å². The van der Waals surface area contributed by atoms with Crippen LogP contribution in [0.25, 0.3) is 0 Å². The van der Waals surface area contributed by atoms with Crippen molar-refractivity contribution in [3.8, 4) is 11.5 Å². The van der Waals surface area contributed by atoms with E-state index in [1.807, 2.05) is 0 Å². The molecule has 1 aromatic carbocycles. The van der Waals surface area contributed by atoms with Crippen molar-refractivity contribution < 1.29 is 19.5 Å². The molecule has 22 heavy (non-hydrogen) atoms. The predicted molar refractivity (Wildman–Crippen MR) is 81.3 cm³/mol. The number of methoxy groups -OCH3 is 2. The number of benzene rings is 1. The van der Waals surface area contributed by atoms with E-state index < -0.39 is 4.92 Å². The van der Waals surface area contributed by atoms with Crippen molar-refractivity contribution in [1.82, 2.24) is 4.90 Å². The van der Waals surface area contributed by atoms with Gasteiger partial charge in [-0.05, 0) is 25.5 Å². The van der Waals surface area contributed by atoms with E-state index in [-0.39, 0.29) is 18.3 Å². The summed E-state index contributed by atoms with van der Waals surface area (Å²) < 4.78 is 10.4. The Morgan fingerprint density at radius 2 is 2.00 bits per heavy atom. The molecule has 0 amide bonds. The highest BCUT2D eigenvalue weighted by atomic mass is 16.6. The maximum absolute atomic E-state index is 11.3. The molecule has 1 aliphatic rings. The molecule has 7 nitrogen and oxygen atoms in total. The van der Waals surface area contributed by atoms with Crippen LogP contribution in [-0.4, -0.2) is 48.3 Å². The van der Waals surface area contributed by atoms with Crippen molar-refractivity contribution in [3.63, 3.8) is 0 Å². The van der Waals surface area contributed by atoms with Gasteiger partial charge in [-0.3, -0.25) is 15.0 Å². The van der Waals surface area contributed by atoms with E-state index >= 15 is 0 Å². The molecule has 0 aliphatic carbocycles. The molecule has 0 radical (unpaired) electrons. The molecule has 2 rings (SSSR count). The van der Waals surface area contributed by atoms with Crippen molar-refractivity contribution in [3.05, 3.63) is 27.8 Å². The zero-order valence-electron chi connectivity index (χ0n) is 12.9. The minimum absolute atomic E-state index is 0.0138. The van der Waals surface area contributed by atoms with Gasteiger partial charge in [0.1, 0.15) is 0 Å². The quantitative estimate of drug-likeness (QED) is 0.638. The van der Waals surface area contributed by atoms with Crippen LogP contribution in [0.5, 0.6) is 11.5 Å². The molecule has 0 aromatic heterocycles. The van der Waals surface area contributed by atoms with Gasteiger partial charge < -0.3 is 14.6 Å². The van der Waals surface area contributed by atoms with Crippen molar-refractivity contribution in [2.45, 2.75) is 31.8 Å². The molecule has 1 fully saturated rings. The van der Waals surface area contributed by atoms with Crippen LogP contribution in [0.1, 0.15) is 24.8 Å². The number of hydrogen-bond donors (Lipinski definition) is 1. The van der Waals surface area contributed by atoms with E-state index in [4.69, 9.17) is 9.47 Å². The van der Waals surface area contributed by atoms with Gasteiger partial charge >= 0.3 is 0 Å². The van der Waals surface area contributed by atoms with Crippen LogP contribution >= 0.6 is 0 Å². The summed E-state index contributed by atoms with van der Waals surface area (Å²) in [5.41, 5.74) is 0.586. The molecular formula is C15H22N2O5. The Labute approximate surface area is 129 Å². The van der Waals surface area contributed by atoms with Crippen molar-refractivity contribution in [2.75, 3.05) is 27.4 Å². The fraction of sp³-hybridized carbons (Fsp3) is 0.600. The van der Waals surface area contributed by atoms with Gasteiger partial charge in [0, 0.05) is 18.2 Å². The molecule has 1 atom stereocenters. The van der Waals surface area contributed by atoms with Gasteiger partial charge in [-0.25, -0.2) is 0 Å². The third-order valence-electron chi connectivity index (χ3n) is 4.11. The first-order valence-corrected chi connectivity index (χ1v) is 7.35. The number of piperidine rings is 1. The maximum atomic E-state index is 11.3. The molecule has 1 heterocycles. The number of likely N-dealkylation sites (tertiary alicyclic amines) is 1. The number of rotatable bonds is 6. The zero-order valence-corrected chi connectivity index (χ0v) is 12.9. The largest absolute Gasteiger partial charge is 0.493 e. The highest BCUT2D eigenvalue weighted by molar-refractivity contribution is 5.54. The molecule has 7 heteroatoms. The Morgan fingerprint density at radius 1 is 1.32 bits per heavy atom. The summed E-state index contributed by atoms with van der Waals surface area (Å²) in [6.07, 6.45) is 3.03. The van der Waals surface area contributed by atoms with E-state index in [0.29, 0.717) is 23.6 Å². The molecule has 122 valence electrons. The Hall–Kier alpha value is -1.86. The van der Waals surface area contributed by atoms with Gasteiger partial charge in [0.25, 0.3) is 5.69 Å². The topological polar surface area (TPSA) is 85.1 Å². The minimum Gasteiger partial charge on any atom is -0.493 e. The lowest BCUT2D eigenvalue weighted by Gasteiger charge is -2.34. The van der Waals surface area contributed by atoms with Crippen LogP contribution < -0.4 is 9.47 Å². The first-order chi connectivity index (χ1) is 10.6. The maximum Gasteiger partial charge on any atom is 0.277 e. The second-order valence-corrected chi connectivity index (χ2v) is 5.40. The lowest BCUT2D eigenvalue weighted by Crippen LogP contribution is -2.41. The highest BCUT2D eigenvalue weighted by Gasteiger charge is 2.26. The van der Waals surface area contributed by atoms with Gasteiger partial charge in [0.2, 0.25) is 0 Å². The number of nitro benzene ring substituents is 1. The zero-order chi connectivity index (χ0) is 16.1. The van der Waals surface area contributed by atoms with E-state index in [0.717, 1.165) is 25.8 Å². The summed E-state index contributed by atoms with van der Waals surface area (Å²) in [6, 6.07) is 3.10. The minimum atomic E-state index is -0.408. The Balaban J connectivity index is 2.33. The monoisotopic (exact) mass is 310 g/mol. The Morgan fingerprint density at radius 3 is 2.59 bits per heavy atom. The van der Waals surface area contributed by atoms with Crippen LogP contribution in [0.3, 0.4) is 0 Å². The Kier molecular flexibility index (Phi) is 5.57. The number of ether oxygens (including phenoxy) is 2. The van der Waals surface area contributed by atoms with Crippen LogP contribution in [0, 0.1) is 10.1 Å². The molecule has 0 saturated carbocycles. The van der Waals surface area contributed by atoms with E-state index in [2.05, 4.69) is 4.90 Å². The summed E-state index contributed by atoms with van der Waals surface area (Å²) in [4.78, 5) is 13.0. The lowest BCUT2D eigenvalue weighted by molar-refractivity contribution is -0.385. The molecule has 0 spiro atoms. The summed E-state index contributed by atoms with van der Waals surface area (Å²) in [6.45, 7) is 1.32. The van der Waals surface area contributed by atoms with Gasteiger partial charge in [0.05, 0.1) is 31.8 Å². The fourth-order valence-electron chi connectivity index (χ4n) is 2.90. The average molecular weight is 310 g/mol. The molecule has 1 saturated heterocycles. The first-order valence-electron chi connectivity index (χ1n) is 7.35. The fourth-order valence-corrected chi connectivity index (χ4v) is 2.90. The molecule has 0 bridgehead atoms. The predicted octanol–water partition coefficient (Wildman–Crippen LogP) is 1.96.